The van der Waals surface area contributed by atoms with Crippen molar-refractivity contribution in [1.29, 1.82) is 5.26 Å². The lowest BCUT2D eigenvalue weighted by Gasteiger charge is -2.39. The summed E-state index contributed by atoms with van der Waals surface area (Å²) in [5.74, 6) is 1.58. The molecule has 1 heterocycles. The zero-order valence-corrected chi connectivity index (χ0v) is 19.8. The number of para-hydroxylation sites is 1. The number of hydrogen-bond acceptors (Lipinski definition) is 6. The summed E-state index contributed by atoms with van der Waals surface area (Å²) in [6.45, 7) is 2.21. The highest BCUT2D eigenvalue weighted by atomic mass is 32.2. The Bertz CT molecular complexity index is 1050. The minimum atomic E-state index is -0.156. The van der Waals surface area contributed by atoms with Crippen molar-refractivity contribution in [2.75, 3.05) is 19.0 Å². The Hall–Kier alpha value is -3.11. The van der Waals surface area contributed by atoms with E-state index in [1.807, 2.05) is 54.6 Å². The van der Waals surface area contributed by atoms with Crippen molar-refractivity contribution in [3.63, 3.8) is 0 Å². The topological polar surface area (TPSA) is 74.6 Å². The first kappa shape index (κ1) is 23.1. The van der Waals surface area contributed by atoms with Gasteiger partial charge in [0.25, 0.3) is 5.91 Å². The number of methoxy groups -OCH3 is 1. The molecule has 1 saturated carbocycles. The summed E-state index contributed by atoms with van der Waals surface area (Å²) in [6, 6.07) is 17.7. The number of carbonyl (C=O) groups is 1. The largest absolute Gasteiger partial charge is 0.493 e. The molecule has 172 valence electrons. The monoisotopic (exact) mass is 463 g/mol. The van der Waals surface area contributed by atoms with Gasteiger partial charge in [-0.25, -0.2) is 0 Å². The Kier molecular flexibility index (Phi) is 7.46. The first-order chi connectivity index (χ1) is 16.1. The van der Waals surface area contributed by atoms with E-state index in [-0.39, 0.29) is 24.1 Å². The molecule has 33 heavy (non-hydrogen) atoms. The summed E-state index contributed by atoms with van der Waals surface area (Å²) in [5, 5.41) is 12.3. The van der Waals surface area contributed by atoms with Crippen LogP contribution in [0.3, 0.4) is 0 Å². The van der Waals surface area contributed by atoms with Crippen molar-refractivity contribution in [2.24, 2.45) is 5.92 Å². The highest BCUT2D eigenvalue weighted by Crippen LogP contribution is 2.42. The van der Waals surface area contributed by atoms with Gasteiger partial charge in [-0.2, -0.15) is 5.26 Å². The number of amides is 1. The Morgan fingerprint density at radius 3 is 2.70 bits per heavy atom. The number of carbonyl (C=O) groups excluding carboxylic acids is 1. The molecule has 0 aromatic heterocycles. The summed E-state index contributed by atoms with van der Waals surface area (Å²) in [6.07, 6.45) is 6.48. The summed E-state index contributed by atoms with van der Waals surface area (Å²) in [5.41, 5.74) is 1.69. The Balaban J connectivity index is 1.62. The normalized spacial score (nSPS) is 23.9. The van der Waals surface area contributed by atoms with Crippen LogP contribution in [0.15, 0.2) is 53.4 Å². The van der Waals surface area contributed by atoms with Crippen molar-refractivity contribution in [3.05, 3.63) is 59.0 Å². The van der Waals surface area contributed by atoms with Crippen LogP contribution < -0.4 is 14.8 Å². The van der Waals surface area contributed by atoms with E-state index in [0.29, 0.717) is 22.3 Å². The van der Waals surface area contributed by atoms with Gasteiger partial charge in [0.15, 0.2) is 23.6 Å². The van der Waals surface area contributed by atoms with E-state index in [1.165, 1.54) is 6.42 Å². The summed E-state index contributed by atoms with van der Waals surface area (Å²) < 4.78 is 10.8. The second-order valence-electron chi connectivity index (χ2n) is 8.39. The fourth-order valence-corrected chi connectivity index (χ4v) is 5.73. The SMILES string of the molecule is COc1cc(/C=C2\SC(Nc3ccccc3)N([C@@H]3CCCC[C@@H]3C)C2=O)ccc1OCC#N. The third-order valence-corrected chi connectivity index (χ3v) is 7.32. The second-order valence-corrected chi connectivity index (χ2v) is 9.51. The first-order valence-corrected chi connectivity index (χ1v) is 12.2. The second kappa shape index (κ2) is 10.7. The van der Waals surface area contributed by atoms with Crippen molar-refractivity contribution in [2.45, 2.75) is 44.1 Å². The Labute approximate surface area is 199 Å². The smallest absolute Gasteiger partial charge is 0.262 e. The lowest BCUT2D eigenvalue weighted by atomic mass is 9.85. The van der Waals surface area contributed by atoms with E-state index in [2.05, 4.69) is 17.1 Å². The van der Waals surface area contributed by atoms with Gasteiger partial charge < -0.3 is 19.7 Å². The molecule has 1 aliphatic heterocycles. The minimum Gasteiger partial charge on any atom is -0.493 e. The molecular formula is C26H29N3O3S. The standard InChI is InChI=1S/C26H29N3O3S/c1-18-8-6-7-11-21(18)29-25(30)24(33-26(29)28-20-9-4-3-5-10-20)17-19-12-13-22(32-15-14-27)23(16-19)31-2/h3-5,9-10,12-13,16-18,21,26,28H,6-8,11,15H2,1-2H3/b24-17-/t18-,21+,26?/m0/s1. The third-order valence-electron chi connectivity index (χ3n) is 6.20. The molecule has 1 aliphatic carbocycles. The fraction of sp³-hybridized carbons (Fsp3) is 0.385. The molecule has 6 nitrogen and oxygen atoms in total. The molecule has 1 amide bonds. The molecule has 7 heteroatoms. The van der Waals surface area contributed by atoms with Gasteiger partial charge in [0.05, 0.1) is 12.0 Å². The van der Waals surface area contributed by atoms with Crippen LogP contribution in [0, 0.1) is 17.2 Å². The molecule has 1 N–H and O–H groups in total. The predicted molar refractivity (Wildman–Crippen MR) is 132 cm³/mol. The molecule has 1 saturated heterocycles. The quantitative estimate of drug-likeness (QED) is 0.548. The molecule has 2 aromatic rings. The molecule has 1 unspecified atom stereocenters. The molecule has 2 aromatic carbocycles. The lowest BCUT2D eigenvalue weighted by Crippen LogP contribution is -2.48. The Morgan fingerprint density at radius 2 is 1.97 bits per heavy atom. The van der Waals surface area contributed by atoms with Crippen LogP contribution >= 0.6 is 11.8 Å². The van der Waals surface area contributed by atoms with Crippen molar-refractivity contribution in [3.8, 4) is 17.6 Å². The van der Waals surface area contributed by atoms with Crippen LogP contribution in [0.1, 0.15) is 38.2 Å². The maximum Gasteiger partial charge on any atom is 0.262 e. The van der Waals surface area contributed by atoms with E-state index < -0.39 is 0 Å². The predicted octanol–water partition coefficient (Wildman–Crippen LogP) is 5.49. The van der Waals surface area contributed by atoms with Gasteiger partial charge in [-0.15, -0.1) is 0 Å². The van der Waals surface area contributed by atoms with Gasteiger partial charge >= 0.3 is 0 Å². The van der Waals surface area contributed by atoms with Gasteiger partial charge in [0.2, 0.25) is 0 Å². The van der Waals surface area contributed by atoms with E-state index in [9.17, 15) is 4.79 Å². The van der Waals surface area contributed by atoms with Gasteiger partial charge in [-0.3, -0.25) is 4.79 Å². The lowest BCUT2D eigenvalue weighted by molar-refractivity contribution is -0.129. The van der Waals surface area contributed by atoms with Crippen LogP contribution in [0.4, 0.5) is 5.69 Å². The van der Waals surface area contributed by atoms with Crippen LogP contribution in [-0.4, -0.2) is 36.1 Å². The van der Waals surface area contributed by atoms with Crippen LogP contribution in [-0.2, 0) is 4.79 Å². The summed E-state index contributed by atoms with van der Waals surface area (Å²) in [4.78, 5) is 16.4. The number of anilines is 1. The van der Waals surface area contributed by atoms with Crippen molar-refractivity contribution < 1.29 is 14.3 Å². The van der Waals surface area contributed by atoms with Gasteiger partial charge in [0.1, 0.15) is 6.07 Å². The molecule has 2 fully saturated rings. The molecule has 0 bridgehead atoms. The number of thioether (sulfide) groups is 1. The maximum atomic E-state index is 13.6. The third kappa shape index (κ3) is 5.28. The van der Waals surface area contributed by atoms with Gasteiger partial charge in [0, 0.05) is 11.7 Å². The number of benzene rings is 2. The maximum absolute atomic E-state index is 13.6. The van der Waals surface area contributed by atoms with E-state index >= 15 is 0 Å². The molecule has 2 aliphatic rings. The average molecular weight is 464 g/mol. The van der Waals surface area contributed by atoms with Crippen LogP contribution in [0.5, 0.6) is 11.5 Å². The number of nitrogens with zero attached hydrogens (tertiary/aromatic N) is 2. The van der Waals surface area contributed by atoms with E-state index in [1.54, 1.807) is 24.9 Å². The number of nitrogens with one attached hydrogen (secondary N) is 1. The van der Waals surface area contributed by atoms with E-state index in [0.717, 1.165) is 30.5 Å². The average Bonchev–Trinajstić information content (AvgIpc) is 3.13. The molecule has 0 spiro atoms. The highest BCUT2D eigenvalue weighted by Gasteiger charge is 2.42. The number of rotatable bonds is 7. The molecule has 3 atom stereocenters. The number of ether oxygens (including phenoxy) is 2. The van der Waals surface area contributed by atoms with Crippen LogP contribution in [0.2, 0.25) is 0 Å². The van der Waals surface area contributed by atoms with Gasteiger partial charge in [-0.05, 0) is 54.7 Å². The molecule has 0 radical (unpaired) electrons. The molecule has 4 rings (SSSR count). The number of hydrogen-bond donors (Lipinski definition) is 1. The van der Waals surface area contributed by atoms with Crippen LogP contribution in [0.25, 0.3) is 6.08 Å². The Morgan fingerprint density at radius 1 is 1.18 bits per heavy atom. The van der Waals surface area contributed by atoms with Crippen molar-refractivity contribution in [1.82, 2.24) is 4.90 Å². The zero-order chi connectivity index (χ0) is 23.2. The zero-order valence-electron chi connectivity index (χ0n) is 19.0. The van der Waals surface area contributed by atoms with Gasteiger partial charge in [-0.1, -0.05) is 55.8 Å². The minimum absolute atomic E-state index is 0.0491. The van der Waals surface area contributed by atoms with Crippen molar-refractivity contribution >= 4 is 29.4 Å². The fourth-order valence-electron chi connectivity index (χ4n) is 4.52. The van der Waals surface area contributed by atoms with E-state index in [4.69, 9.17) is 14.7 Å². The highest BCUT2D eigenvalue weighted by molar-refractivity contribution is 8.05. The number of nitriles is 1. The first-order valence-electron chi connectivity index (χ1n) is 11.3. The summed E-state index contributed by atoms with van der Waals surface area (Å²) >= 11 is 1.56. The summed E-state index contributed by atoms with van der Waals surface area (Å²) in [7, 11) is 1.56. The molecular weight excluding hydrogens is 434 g/mol.